The van der Waals surface area contributed by atoms with Gasteiger partial charge in [-0.3, -0.25) is 4.79 Å². The molecule has 0 radical (unpaired) electrons. The average molecular weight is 394 g/mol. The second-order valence-electron chi connectivity index (χ2n) is 9.17. The van der Waals surface area contributed by atoms with Gasteiger partial charge in [-0.25, -0.2) is 9.59 Å². The molecule has 7 heteroatoms. The van der Waals surface area contributed by atoms with Crippen LogP contribution < -0.4 is 0 Å². The van der Waals surface area contributed by atoms with Gasteiger partial charge in [0.1, 0.15) is 0 Å². The van der Waals surface area contributed by atoms with Gasteiger partial charge in [0.2, 0.25) is 5.78 Å². The molecule has 0 saturated carbocycles. The fraction of sp³-hybridized carbons (Fsp3) is 0.571. The van der Waals surface area contributed by atoms with Crippen LogP contribution in [0.3, 0.4) is 0 Å². The van der Waals surface area contributed by atoms with Crippen molar-refractivity contribution in [2.75, 3.05) is 13.2 Å². The van der Waals surface area contributed by atoms with Crippen LogP contribution in [0.5, 0.6) is 0 Å². The van der Waals surface area contributed by atoms with E-state index in [4.69, 9.17) is 9.47 Å². The van der Waals surface area contributed by atoms with Crippen LogP contribution >= 0.6 is 0 Å². The van der Waals surface area contributed by atoms with E-state index >= 15 is 0 Å². The number of ether oxygens (including phenoxy) is 2. The predicted octanol–water partition coefficient (Wildman–Crippen LogP) is 2.14. The highest BCUT2D eigenvalue weighted by atomic mass is 16.6. The van der Waals surface area contributed by atoms with Gasteiger partial charge in [-0.1, -0.05) is 71.9 Å². The van der Waals surface area contributed by atoms with Crippen LogP contribution in [0.25, 0.3) is 0 Å². The van der Waals surface area contributed by atoms with E-state index < -0.39 is 40.3 Å². The number of aliphatic hydroxyl groups excluding tert-OH is 1. The van der Waals surface area contributed by atoms with Crippen LogP contribution in [0.15, 0.2) is 30.3 Å². The molecule has 2 N–H and O–H groups in total. The number of aliphatic hydroxyl groups is 2. The summed E-state index contributed by atoms with van der Waals surface area (Å²) in [4.78, 5) is 37.8. The summed E-state index contributed by atoms with van der Waals surface area (Å²) in [7, 11) is 0. The van der Waals surface area contributed by atoms with Crippen LogP contribution in [0.4, 0.5) is 0 Å². The summed E-state index contributed by atoms with van der Waals surface area (Å²) in [6.07, 6.45) is -2.44. The molecule has 156 valence electrons. The lowest BCUT2D eigenvalue weighted by molar-refractivity contribution is -0.185. The predicted molar refractivity (Wildman–Crippen MR) is 103 cm³/mol. The minimum Gasteiger partial charge on any atom is -0.463 e. The van der Waals surface area contributed by atoms with Gasteiger partial charge in [0.15, 0.2) is 6.10 Å². The molecule has 0 aliphatic heterocycles. The zero-order valence-electron chi connectivity index (χ0n) is 17.3. The van der Waals surface area contributed by atoms with Crippen molar-refractivity contribution >= 4 is 17.7 Å². The number of benzene rings is 1. The van der Waals surface area contributed by atoms with Gasteiger partial charge in [0.05, 0.1) is 13.2 Å². The van der Waals surface area contributed by atoms with Crippen LogP contribution in [-0.2, 0) is 19.1 Å². The normalized spacial score (nSPS) is 15.3. The van der Waals surface area contributed by atoms with Crippen molar-refractivity contribution < 1.29 is 34.1 Å². The molecule has 1 aromatic rings. The maximum atomic E-state index is 12.9. The number of hydrogen-bond donors (Lipinski definition) is 2. The van der Waals surface area contributed by atoms with Crippen molar-refractivity contribution in [3.8, 4) is 0 Å². The van der Waals surface area contributed by atoms with E-state index in [1.165, 1.54) is 24.3 Å². The van der Waals surface area contributed by atoms with E-state index in [0.717, 1.165) is 0 Å². The first kappa shape index (κ1) is 23.8. The minimum absolute atomic E-state index is 0.0552. The first-order valence-corrected chi connectivity index (χ1v) is 9.02. The van der Waals surface area contributed by atoms with Crippen molar-refractivity contribution in [2.24, 2.45) is 10.8 Å². The van der Waals surface area contributed by atoms with Crippen LogP contribution in [-0.4, -0.2) is 52.9 Å². The maximum Gasteiger partial charge on any atom is 0.349 e. The first-order valence-electron chi connectivity index (χ1n) is 9.02. The Morgan fingerprint density at radius 1 is 0.893 bits per heavy atom. The number of carbonyl (C=O) groups is 3. The molecule has 2 unspecified atom stereocenters. The number of ketones is 1. The summed E-state index contributed by atoms with van der Waals surface area (Å²) in [5.41, 5.74) is -4.05. The molecule has 0 spiro atoms. The van der Waals surface area contributed by atoms with Crippen molar-refractivity contribution in [3.05, 3.63) is 35.9 Å². The van der Waals surface area contributed by atoms with E-state index in [9.17, 15) is 24.6 Å². The molecule has 0 aliphatic rings. The third-order valence-corrected chi connectivity index (χ3v) is 3.60. The average Bonchev–Trinajstić information content (AvgIpc) is 2.61. The quantitative estimate of drug-likeness (QED) is 0.414. The number of esters is 2. The largest absolute Gasteiger partial charge is 0.463 e. The van der Waals surface area contributed by atoms with E-state index in [1.54, 1.807) is 47.6 Å². The van der Waals surface area contributed by atoms with Gasteiger partial charge in [-0.05, 0) is 10.8 Å². The summed E-state index contributed by atoms with van der Waals surface area (Å²) < 4.78 is 10.0. The Balaban J connectivity index is 3.21. The van der Waals surface area contributed by atoms with E-state index in [1.807, 2.05) is 0 Å². The summed E-state index contributed by atoms with van der Waals surface area (Å²) in [6.45, 7) is 10.5. The standard InChI is InChI=1S/C21H30O7/c1-19(2,3)12-27-17(24)16(23)21(26,18(25)28-13-20(4,5)6)15(22)14-10-8-7-9-11-14/h7-11,16,23,26H,12-13H2,1-6H3. The maximum absolute atomic E-state index is 12.9. The second kappa shape index (κ2) is 8.84. The van der Waals surface area contributed by atoms with Crippen LogP contribution in [0, 0.1) is 10.8 Å². The van der Waals surface area contributed by atoms with Gasteiger partial charge >= 0.3 is 11.9 Å². The van der Waals surface area contributed by atoms with E-state index in [0.29, 0.717) is 0 Å². The van der Waals surface area contributed by atoms with Gasteiger partial charge < -0.3 is 19.7 Å². The minimum atomic E-state index is -3.12. The number of hydrogen-bond acceptors (Lipinski definition) is 7. The summed E-state index contributed by atoms with van der Waals surface area (Å²) in [6, 6.07) is 7.41. The van der Waals surface area contributed by atoms with Gasteiger partial charge in [0.25, 0.3) is 5.60 Å². The molecule has 0 heterocycles. The van der Waals surface area contributed by atoms with Crippen LogP contribution in [0.2, 0.25) is 0 Å². The third-order valence-electron chi connectivity index (χ3n) is 3.60. The molecule has 2 atom stereocenters. The molecule has 28 heavy (non-hydrogen) atoms. The van der Waals surface area contributed by atoms with E-state index in [2.05, 4.69) is 0 Å². The lowest BCUT2D eigenvalue weighted by Crippen LogP contribution is -2.60. The summed E-state index contributed by atoms with van der Waals surface area (Å²) in [5, 5.41) is 21.3. The second-order valence-corrected chi connectivity index (χ2v) is 9.17. The Morgan fingerprint density at radius 2 is 1.36 bits per heavy atom. The fourth-order valence-corrected chi connectivity index (χ4v) is 2.07. The fourth-order valence-electron chi connectivity index (χ4n) is 2.07. The molecular weight excluding hydrogens is 364 g/mol. The highest BCUT2D eigenvalue weighted by Gasteiger charge is 2.56. The molecule has 1 aromatic carbocycles. The molecule has 0 aliphatic carbocycles. The summed E-state index contributed by atoms with van der Waals surface area (Å²) >= 11 is 0. The number of rotatable bonds is 7. The van der Waals surface area contributed by atoms with Gasteiger partial charge in [-0.15, -0.1) is 0 Å². The van der Waals surface area contributed by atoms with Gasteiger partial charge in [0, 0.05) is 5.56 Å². The lowest BCUT2D eigenvalue weighted by Gasteiger charge is -2.30. The Hall–Kier alpha value is -2.25. The molecule has 0 fully saturated rings. The number of Topliss-reactive ketones (excluding diaryl/α,β-unsaturated/α-hetero) is 1. The topological polar surface area (TPSA) is 110 Å². The smallest absolute Gasteiger partial charge is 0.349 e. The van der Waals surface area contributed by atoms with Crippen LogP contribution in [0.1, 0.15) is 51.9 Å². The highest BCUT2D eigenvalue weighted by Crippen LogP contribution is 2.24. The van der Waals surface area contributed by atoms with E-state index in [-0.39, 0.29) is 18.8 Å². The molecule has 1 rings (SSSR count). The lowest BCUT2D eigenvalue weighted by atomic mass is 9.87. The third kappa shape index (κ3) is 6.42. The Bertz CT molecular complexity index is 698. The van der Waals surface area contributed by atoms with Crippen molar-refractivity contribution in [1.82, 2.24) is 0 Å². The zero-order valence-corrected chi connectivity index (χ0v) is 17.3. The highest BCUT2D eigenvalue weighted by molar-refractivity contribution is 6.18. The molecule has 0 amide bonds. The number of carbonyl (C=O) groups excluding carboxylic acids is 3. The van der Waals surface area contributed by atoms with Crippen molar-refractivity contribution in [1.29, 1.82) is 0 Å². The van der Waals surface area contributed by atoms with Crippen molar-refractivity contribution in [3.63, 3.8) is 0 Å². The Morgan fingerprint density at radius 3 is 1.82 bits per heavy atom. The van der Waals surface area contributed by atoms with Crippen molar-refractivity contribution in [2.45, 2.75) is 53.2 Å². The molecule has 7 nitrogen and oxygen atoms in total. The Kier molecular flexibility index (Phi) is 7.51. The SMILES string of the molecule is CC(C)(C)COC(=O)C(O)C(O)(C(=O)OCC(C)(C)C)C(=O)c1ccccc1. The monoisotopic (exact) mass is 394 g/mol. The zero-order chi connectivity index (χ0) is 21.8. The molecule has 0 saturated heterocycles. The molecular formula is C21H30O7. The Labute approximate surface area is 165 Å². The molecule has 0 aromatic heterocycles. The molecule has 0 bridgehead atoms. The summed E-state index contributed by atoms with van der Waals surface area (Å²) in [5.74, 6) is -3.84. The van der Waals surface area contributed by atoms with Gasteiger partial charge in [-0.2, -0.15) is 0 Å². The first-order chi connectivity index (χ1) is 12.7.